The average molecular weight is 416 g/mol. The standard InChI is InChI=1S/C22H33N5O3/c1-17-11-21(25-16-24-17)27-8-7-22(28,15-27)14-23-13-18-5-6-19(20(12-18)29-4)30-10-9-26(2)3/h5-6,11-12,16,23,28H,7-10,13-15H2,1-4H3/t22-/m0/s1. The predicted octanol–water partition coefficient (Wildman–Crippen LogP) is 1.47. The molecular weight excluding hydrogens is 382 g/mol. The third-order valence-corrected chi connectivity index (χ3v) is 5.25. The van der Waals surface area contributed by atoms with Crippen LogP contribution in [-0.2, 0) is 6.54 Å². The second-order valence-electron chi connectivity index (χ2n) is 8.15. The summed E-state index contributed by atoms with van der Waals surface area (Å²) >= 11 is 0. The lowest BCUT2D eigenvalue weighted by Gasteiger charge is -2.24. The van der Waals surface area contributed by atoms with Gasteiger partial charge in [0.2, 0.25) is 0 Å². The van der Waals surface area contributed by atoms with Gasteiger partial charge in [-0.1, -0.05) is 6.07 Å². The number of β-amino-alcohol motifs (C(OH)–C–C–N with tert-alkyl or cyclic N) is 1. The number of rotatable bonds is 10. The fourth-order valence-electron chi connectivity index (χ4n) is 3.53. The number of ether oxygens (including phenoxy) is 2. The number of nitrogens with zero attached hydrogens (tertiary/aromatic N) is 4. The summed E-state index contributed by atoms with van der Waals surface area (Å²) in [5.41, 5.74) is 1.23. The number of methoxy groups -OCH3 is 1. The molecule has 30 heavy (non-hydrogen) atoms. The van der Waals surface area contributed by atoms with Gasteiger partial charge in [0.25, 0.3) is 0 Å². The first kappa shape index (κ1) is 22.3. The van der Waals surface area contributed by atoms with Crippen molar-refractivity contribution >= 4 is 5.82 Å². The Morgan fingerprint density at radius 2 is 2.07 bits per heavy atom. The number of likely N-dealkylation sites (N-methyl/N-ethyl adjacent to an activating group) is 1. The molecule has 0 spiro atoms. The second-order valence-corrected chi connectivity index (χ2v) is 8.15. The van der Waals surface area contributed by atoms with Crippen LogP contribution >= 0.6 is 0 Å². The van der Waals surface area contributed by atoms with Gasteiger partial charge >= 0.3 is 0 Å². The van der Waals surface area contributed by atoms with Crippen LogP contribution in [0.15, 0.2) is 30.6 Å². The van der Waals surface area contributed by atoms with Crippen LogP contribution in [-0.4, -0.2) is 79.6 Å². The zero-order valence-electron chi connectivity index (χ0n) is 18.4. The Balaban J connectivity index is 1.51. The first-order chi connectivity index (χ1) is 14.4. The summed E-state index contributed by atoms with van der Waals surface area (Å²) in [6.07, 6.45) is 2.27. The van der Waals surface area contributed by atoms with Gasteiger partial charge in [-0.2, -0.15) is 0 Å². The van der Waals surface area contributed by atoms with Crippen molar-refractivity contribution in [2.24, 2.45) is 0 Å². The number of benzene rings is 1. The van der Waals surface area contributed by atoms with Crippen molar-refractivity contribution in [2.75, 3.05) is 58.9 Å². The molecule has 0 unspecified atom stereocenters. The SMILES string of the molecule is COc1cc(CNC[C@@]2(O)CCN(c3cc(C)ncn3)C2)ccc1OCCN(C)C. The number of aliphatic hydroxyl groups is 1. The Hall–Kier alpha value is -2.42. The van der Waals surface area contributed by atoms with Crippen LogP contribution in [0.25, 0.3) is 0 Å². The quantitative estimate of drug-likeness (QED) is 0.604. The number of aromatic nitrogens is 2. The molecule has 2 aromatic rings. The molecular formula is C22H33N5O3. The maximum Gasteiger partial charge on any atom is 0.161 e. The van der Waals surface area contributed by atoms with E-state index in [9.17, 15) is 5.11 Å². The highest BCUT2D eigenvalue weighted by molar-refractivity contribution is 5.43. The summed E-state index contributed by atoms with van der Waals surface area (Å²) in [5, 5.41) is 14.3. The number of nitrogens with one attached hydrogen (secondary N) is 1. The zero-order valence-corrected chi connectivity index (χ0v) is 18.4. The van der Waals surface area contributed by atoms with Crippen LogP contribution in [0.2, 0.25) is 0 Å². The van der Waals surface area contributed by atoms with Crippen LogP contribution in [0, 0.1) is 6.92 Å². The minimum absolute atomic E-state index is 0.511. The zero-order chi connectivity index (χ0) is 21.6. The van der Waals surface area contributed by atoms with E-state index in [1.807, 2.05) is 45.3 Å². The van der Waals surface area contributed by atoms with Crippen LogP contribution in [0.4, 0.5) is 5.82 Å². The number of hydrogen-bond donors (Lipinski definition) is 2. The maximum absolute atomic E-state index is 11.0. The van der Waals surface area contributed by atoms with Gasteiger partial charge in [0.05, 0.1) is 12.7 Å². The molecule has 1 aromatic heterocycles. The molecule has 0 amide bonds. The van der Waals surface area contributed by atoms with Crippen molar-refractivity contribution in [1.29, 1.82) is 0 Å². The highest BCUT2D eigenvalue weighted by atomic mass is 16.5. The summed E-state index contributed by atoms with van der Waals surface area (Å²) in [4.78, 5) is 12.7. The third-order valence-electron chi connectivity index (χ3n) is 5.25. The van der Waals surface area contributed by atoms with Gasteiger partial charge in [0.1, 0.15) is 18.8 Å². The lowest BCUT2D eigenvalue weighted by atomic mass is 10.0. The lowest BCUT2D eigenvalue weighted by molar-refractivity contribution is 0.0626. The molecule has 164 valence electrons. The smallest absolute Gasteiger partial charge is 0.161 e. The van der Waals surface area contributed by atoms with Crippen LogP contribution in [0.1, 0.15) is 17.7 Å². The van der Waals surface area contributed by atoms with Gasteiger partial charge in [-0.25, -0.2) is 9.97 Å². The molecule has 0 saturated carbocycles. The summed E-state index contributed by atoms with van der Waals surface area (Å²) in [6, 6.07) is 7.89. The van der Waals surface area contributed by atoms with Gasteiger partial charge in [0.15, 0.2) is 11.5 Å². The van der Waals surface area contributed by atoms with Crippen LogP contribution in [0.3, 0.4) is 0 Å². The minimum atomic E-state index is -0.780. The van der Waals surface area contributed by atoms with Crippen molar-refractivity contribution < 1.29 is 14.6 Å². The van der Waals surface area contributed by atoms with E-state index >= 15 is 0 Å². The van der Waals surface area contributed by atoms with Crippen molar-refractivity contribution in [3.05, 3.63) is 41.9 Å². The van der Waals surface area contributed by atoms with E-state index in [0.717, 1.165) is 41.7 Å². The first-order valence-electron chi connectivity index (χ1n) is 10.3. The highest BCUT2D eigenvalue weighted by Crippen LogP contribution is 2.28. The molecule has 2 N–H and O–H groups in total. The molecule has 1 aliphatic heterocycles. The van der Waals surface area contributed by atoms with Gasteiger partial charge in [-0.05, 0) is 45.1 Å². The molecule has 1 aromatic carbocycles. The molecule has 1 fully saturated rings. The Bertz CT molecular complexity index is 832. The average Bonchev–Trinajstić information content (AvgIpc) is 3.11. The number of anilines is 1. The van der Waals surface area contributed by atoms with Crippen LogP contribution in [0.5, 0.6) is 11.5 Å². The fourth-order valence-corrected chi connectivity index (χ4v) is 3.53. The van der Waals surface area contributed by atoms with Gasteiger partial charge < -0.3 is 29.7 Å². The largest absolute Gasteiger partial charge is 0.493 e. The molecule has 0 bridgehead atoms. The van der Waals surface area contributed by atoms with E-state index in [2.05, 4.69) is 25.1 Å². The Morgan fingerprint density at radius 3 is 2.80 bits per heavy atom. The van der Waals surface area contributed by atoms with Crippen LogP contribution < -0.4 is 19.7 Å². The van der Waals surface area contributed by atoms with E-state index in [-0.39, 0.29) is 0 Å². The van der Waals surface area contributed by atoms with E-state index in [0.29, 0.717) is 32.7 Å². The monoisotopic (exact) mass is 415 g/mol. The van der Waals surface area contributed by atoms with E-state index < -0.39 is 5.60 Å². The van der Waals surface area contributed by atoms with Crippen molar-refractivity contribution in [3.63, 3.8) is 0 Å². The van der Waals surface area contributed by atoms with Gasteiger partial charge in [-0.3, -0.25) is 0 Å². The Kier molecular flexibility index (Phi) is 7.47. The lowest BCUT2D eigenvalue weighted by Crippen LogP contribution is -2.43. The summed E-state index contributed by atoms with van der Waals surface area (Å²) in [6.45, 7) is 5.88. The summed E-state index contributed by atoms with van der Waals surface area (Å²) < 4.78 is 11.3. The first-order valence-corrected chi connectivity index (χ1v) is 10.3. The molecule has 3 rings (SSSR count). The van der Waals surface area contributed by atoms with Gasteiger partial charge in [0, 0.05) is 44.5 Å². The van der Waals surface area contributed by atoms with Crippen molar-refractivity contribution in [1.82, 2.24) is 20.2 Å². The van der Waals surface area contributed by atoms with Crippen molar-refractivity contribution in [2.45, 2.75) is 25.5 Å². The topological polar surface area (TPSA) is 83.0 Å². The summed E-state index contributed by atoms with van der Waals surface area (Å²) in [7, 11) is 5.68. The number of hydrogen-bond acceptors (Lipinski definition) is 8. The van der Waals surface area contributed by atoms with Crippen molar-refractivity contribution in [3.8, 4) is 11.5 Å². The Morgan fingerprint density at radius 1 is 1.23 bits per heavy atom. The highest BCUT2D eigenvalue weighted by Gasteiger charge is 2.36. The molecule has 1 aliphatic rings. The molecule has 0 aliphatic carbocycles. The fraction of sp³-hybridized carbons (Fsp3) is 0.545. The molecule has 0 radical (unpaired) electrons. The van der Waals surface area contributed by atoms with E-state index in [1.165, 1.54) is 0 Å². The summed E-state index contributed by atoms with van der Waals surface area (Å²) in [5.74, 6) is 2.33. The van der Waals surface area contributed by atoms with Gasteiger partial charge in [-0.15, -0.1) is 0 Å². The van der Waals surface area contributed by atoms with E-state index in [4.69, 9.17) is 9.47 Å². The second kappa shape index (κ2) is 10.1. The Labute approximate surface area is 178 Å². The molecule has 8 heteroatoms. The minimum Gasteiger partial charge on any atom is -0.493 e. The molecule has 1 saturated heterocycles. The molecule has 1 atom stereocenters. The third kappa shape index (κ3) is 6.04. The predicted molar refractivity (Wildman–Crippen MR) is 117 cm³/mol. The number of aryl methyl sites for hydroxylation is 1. The van der Waals surface area contributed by atoms with E-state index in [1.54, 1.807) is 13.4 Å². The molecule has 8 nitrogen and oxygen atoms in total. The maximum atomic E-state index is 11.0. The normalized spacial score (nSPS) is 18.8. The molecule has 2 heterocycles.